The fourth-order valence-corrected chi connectivity index (χ4v) is 9.67. The molecule has 9 atom stereocenters. The van der Waals surface area contributed by atoms with E-state index in [2.05, 4.69) is 13.8 Å². The summed E-state index contributed by atoms with van der Waals surface area (Å²) in [4.78, 5) is 32.5. The van der Waals surface area contributed by atoms with Crippen LogP contribution in [0.25, 0.3) is 0 Å². The third-order valence-electron chi connectivity index (χ3n) is 11.6. The summed E-state index contributed by atoms with van der Waals surface area (Å²) in [7, 11) is 0. The Kier molecular flexibility index (Phi) is 6.66. The molecule has 1 aliphatic heterocycles. The van der Waals surface area contributed by atoms with Crippen LogP contribution in [0.5, 0.6) is 0 Å². The average molecular weight is 536 g/mol. The van der Waals surface area contributed by atoms with E-state index in [1.54, 1.807) is 6.92 Å². The number of carbonyl (C=O) groups excluding carboxylic acids is 2. The molecule has 0 unspecified atom stereocenters. The van der Waals surface area contributed by atoms with Gasteiger partial charge in [-0.1, -0.05) is 46.6 Å². The Balaban J connectivity index is 1.62. The average Bonchev–Trinajstić information content (AvgIpc) is 3.33. The molecule has 2 N–H and O–H groups in total. The predicted molar refractivity (Wildman–Crippen MR) is 138 cm³/mol. The molecule has 4 aliphatic carbocycles. The van der Waals surface area contributed by atoms with Crippen LogP contribution in [0, 0.1) is 28.1 Å². The number of aliphatic hydroxyl groups excluding tert-OH is 2. The smallest absolute Gasteiger partial charge is 0.192 e. The van der Waals surface area contributed by atoms with Gasteiger partial charge in [0.15, 0.2) is 22.8 Å². The van der Waals surface area contributed by atoms with Crippen molar-refractivity contribution in [3.8, 4) is 0 Å². The first kappa shape index (κ1) is 28.1. The van der Waals surface area contributed by atoms with Crippen LogP contribution in [0.4, 0.5) is 8.78 Å². The number of hydroxylamine groups is 2. The molecule has 1 heterocycles. The Bertz CT molecular complexity index is 1070. The number of allylic oxidation sites excluding steroid dienone is 4. The molecule has 4 fully saturated rings. The van der Waals surface area contributed by atoms with E-state index in [1.165, 1.54) is 18.2 Å². The van der Waals surface area contributed by atoms with Crippen LogP contribution in [0.1, 0.15) is 79.6 Å². The lowest BCUT2D eigenvalue weighted by Crippen LogP contribution is -2.73. The highest BCUT2D eigenvalue weighted by molar-refractivity contribution is 6.01. The molecule has 212 valence electrons. The molecule has 0 aromatic heterocycles. The number of fused-ring (bicyclic) bond motifs is 7. The van der Waals surface area contributed by atoms with Gasteiger partial charge in [-0.2, -0.15) is 5.06 Å². The maximum Gasteiger partial charge on any atom is 0.192 e. The van der Waals surface area contributed by atoms with E-state index >= 15 is 8.78 Å². The van der Waals surface area contributed by atoms with E-state index < -0.39 is 58.1 Å². The number of nitrogens with zero attached hydrogens (tertiary/aromatic N) is 1. The fraction of sp³-hybridized carbons (Fsp3) is 0.800. The summed E-state index contributed by atoms with van der Waals surface area (Å²) in [5, 5.41) is 23.8. The zero-order chi connectivity index (χ0) is 27.9. The van der Waals surface area contributed by atoms with Gasteiger partial charge >= 0.3 is 0 Å². The molecule has 8 heteroatoms. The molecule has 1 saturated heterocycles. The van der Waals surface area contributed by atoms with Gasteiger partial charge in [0.2, 0.25) is 0 Å². The third-order valence-corrected chi connectivity index (χ3v) is 11.6. The number of hydrogen-bond acceptors (Lipinski definition) is 6. The van der Waals surface area contributed by atoms with Crippen molar-refractivity contribution in [2.24, 2.45) is 28.1 Å². The number of halogens is 2. The van der Waals surface area contributed by atoms with Crippen LogP contribution in [-0.4, -0.2) is 69.6 Å². The number of ketones is 2. The summed E-state index contributed by atoms with van der Waals surface area (Å²) < 4.78 is 33.5. The number of rotatable bonds is 7. The van der Waals surface area contributed by atoms with Crippen LogP contribution in [0.2, 0.25) is 0 Å². The number of hydrogen-bond donors (Lipinski definition) is 2. The van der Waals surface area contributed by atoms with Gasteiger partial charge < -0.3 is 10.2 Å². The molecule has 3 saturated carbocycles. The quantitative estimate of drug-likeness (QED) is 0.501. The fourth-order valence-electron chi connectivity index (χ4n) is 9.67. The first-order chi connectivity index (χ1) is 17.8. The Morgan fingerprint density at radius 1 is 1.21 bits per heavy atom. The summed E-state index contributed by atoms with van der Waals surface area (Å²) in [5.41, 5.74) is -7.02. The maximum atomic E-state index is 17.7. The summed E-state index contributed by atoms with van der Waals surface area (Å²) in [6.07, 6.45) is 4.71. The van der Waals surface area contributed by atoms with E-state index in [1.807, 2.05) is 18.9 Å². The van der Waals surface area contributed by atoms with E-state index in [-0.39, 0.29) is 36.2 Å². The normalized spacial score (nSPS) is 47.9. The van der Waals surface area contributed by atoms with Crippen LogP contribution >= 0.6 is 0 Å². The first-order valence-corrected chi connectivity index (χ1v) is 14.4. The van der Waals surface area contributed by atoms with Gasteiger partial charge in [-0.25, -0.2) is 8.78 Å². The monoisotopic (exact) mass is 535 g/mol. The molecular weight excluding hydrogens is 492 g/mol. The van der Waals surface area contributed by atoms with E-state index in [4.69, 9.17) is 4.84 Å². The van der Waals surface area contributed by atoms with Crippen LogP contribution in [0.15, 0.2) is 23.8 Å². The van der Waals surface area contributed by atoms with E-state index in [9.17, 15) is 19.8 Å². The first-order valence-electron chi connectivity index (χ1n) is 14.4. The molecule has 0 amide bonds. The summed E-state index contributed by atoms with van der Waals surface area (Å²) >= 11 is 0. The SMILES string of the molecule is CCCC(CCC)N1C[C@@H]2C[C@@]3(C)[C@@H]4C[C@H](F)C5=CC(=O)C=C[C@]5(C)[C@@]4(F)[C@@H](O)C[C@]3(C)[C@]2(C(=O)CO)O1. The van der Waals surface area contributed by atoms with Crippen molar-refractivity contribution >= 4 is 11.6 Å². The van der Waals surface area contributed by atoms with Gasteiger partial charge in [-0.3, -0.25) is 14.4 Å². The topological polar surface area (TPSA) is 87.1 Å². The number of Topliss-reactive ketones (excluding diaryl/α,β-unsaturated/α-hetero) is 1. The molecule has 6 nitrogen and oxygen atoms in total. The Morgan fingerprint density at radius 2 is 1.87 bits per heavy atom. The van der Waals surface area contributed by atoms with Crippen molar-refractivity contribution in [3.05, 3.63) is 23.8 Å². The lowest BCUT2D eigenvalue weighted by molar-refractivity contribution is -0.294. The summed E-state index contributed by atoms with van der Waals surface area (Å²) in [5.74, 6) is -2.08. The Labute approximate surface area is 224 Å². The van der Waals surface area contributed by atoms with Crippen molar-refractivity contribution in [2.45, 2.75) is 109 Å². The molecule has 5 rings (SSSR count). The maximum absolute atomic E-state index is 17.7. The predicted octanol–water partition coefficient (Wildman–Crippen LogP) is 4.44. The minimum Gasteiger partial charge on any atom is -0.390 e. The Hall–Kier alpha value is -1.48. The second kappa shape index (κ2) is 9.02. The molecule has 0 radical (unpaired) electrons. The van der Waals surface area contributed by atoms with Crippen molar-refractivity contribution in [3.63, 3.8) is 0 Å². The minimum atomic E-state index is -2.23. The highest BCUT2D eigenvalue weighted by Gasteiger charge is 2.83. The van der Waals surface area contributed by atoms with Gasteiger partial charge in [-0.05, 0) is 62.2 Å². The number of aliphatic hydroxyl groups is 2. The second-order valence-electron chi connectivity index (χ2n) is 13.2. The number of carbonyl (C=O) groups is 2. The molecule has 0 aromatic rings. The van der Waals surface area contributed by atoms with Crippen LogP contribution in [-0.2, 0) is 14.4 Å². The van der Waals surface area contributed by atoms with Crippen LogP contribution in [0.3, 0.4) is 0 Å². The van der Waals surface area contributed by atoms with Gasteiger partial charge in [0.25, 0.3) is 0 Å². The molecule has 38 heavy (non-hydrogen) atoms. The van der Waals surface area contributed by atoms with Gasteiger partial charge in [0, 0.05) is 35.3 Å². The molecule has 0 aromatic carbocycles. The standard InChI is InChI=1S/C30H43F2NO5/c1-6-8-19(9-7-2)33-16-18-14-27(4)23-13-22(31)21-12-20(35)10-11-26(21,3)29(23,32)24(36)15-28(27,5)30(18,38-33)25(37)17-34/h10-12,18-19,22-24,34,36H,6-9,13-17H2,1-5H3/t18-,22-,23-,24-,26-,27-,28-,29-,30-/m0/s1. The van der Waals surface area contributed by atoms with Gasteiger partial charge in [-0.15, -0.1) is 0 Å². The van der Waals surface area contributed by atoms with E-state index in [0.717, 1.165) is 25.7 Å². The Morgan fingerprint density at radius 3 is 2.47 bits per heavy atom. The van der Waals surface area contributed by atoms with Crippen molar-refractivity contribution in [1.29, 1.82) is 0 Å². The third kappa shape index (κ3) is 3.18. The highest BCUT2D eigenvalue weighted by Crippen LogP contribution is 2.77. The zero-order valence-corrected chi connectivity index (χ0v) is 23.3. The molecule has 0 spiro atoms. The van der Waals surface area contributed by atoms with Gasteiger partial charge in [0.05, 0.1) is 6.10 Å². The van der Waals surface area contributed by atoms with Crippen molar-refractivity contribution in [2.75, 3.05) is 13.2 Å². The second-order valence-corrected chi connectivity index (χ2v) is 13.2. The van der Waals surface area contributed by atoms with E-state index in [0.29, 0.717) is 13.0 Å². The van der Waals surface area contributed by atoms with Gasteiger partial charge in [0.1, 0.15) is 12.8 Å². The largest absolute Gasteiger partial charge is 0.390 e. The summed E-state index contributed by atoms with van der Waals surface area (Å²) in [6.45, 7) is 9.36. The molecule has 5 aliphatic rings. The summed E-state index contributed by atoms with van der Waals surface area (Å²) in [6, 6.07) is 0.115. The lowest BCUT2D eigenvalue weighted by Gasteiger charge is -2.67. The highest BCUT2D eigenvalue weighted by atomic mass is 19.1. The lowest BCUT2D eigenvalue weighted by atomic mass is 9.39. The molecule has 0 bridgehead atoms. The zero-order valence-electron chi connectivity index (χ0n) is 23.3. The van der Waals surface area contributed by atoms with Crippen molar-refractivity contribution in [1.82, 2.24) is 5.06 Å². The van der Waals surface area contributed by atoms with Crippen molar-refractivity contribution < 1.29 is 33.4 Å². The van der Waals surface area contributed by atoms with Crippen LogP contribution < -0.4 is 0 Å². The minimum absolute atomic E-state index is 0.0690. The molecular formula is C30H43F2NO5. The number of alkyl halides is 2.